The molecular weight excluding hydrogens is 412 g/mol. The molecule has 1 fully saturated rings. The van der Waals surface area contributed by atoms with Crippen molar-refractivity contribution in [1.82, 2.24) is 9.97 Å². The molecule has 3 rings (SSSR count). The van der Waals surface area contributed by atoms with Gasteiger partial charge in [-0.25, -0.2) is 9.97 Å². The van der Waals surface area contributed by atoms with Crippen LogP contribution >= 0.6 is 11.6 Å². The number of hydrogen-bond acceptors (Lipinski definition) is 6. The largest absolute Gasteiger partial charge is 0.381 e. The van der Waals surface area contributed by atoms with Crippen molar-refractivity contribution >= 4 is 34.1 Å². The van der Waals surface area contributed by atoms with Crippen LogP contribution in [-0.4, -0.2) is 39.6 Å². The van der Waals surface area contributed by atoms with Crippen LogP contribution in [0.5, 0.6) is 0 Å². The molecule has 0 saturated carbocycles. The molecule has 0 radical (unpaired) electrons. The van der Waals surface area contributed by atoms with Crippen molar-refractivity contribution in [1.29, 1.82) is 5.26 Å². The first-order chi connectivity index (χ1) is 14.0. The second-order valence-corrected chi connectivity index (χ2v) is 8.63. The molecule has 1 aliphatic heterocycles. The molecule has 152 valence electrons. The van der Waals surface area contributed by atoms with Gasteiger partial charge < -0.3 is 10.1 Å². The number of benzene rings is 1. The summed E-state index contributed by atoms with van der Waals surface area (Å²) in [7, 11) is -1.21. The van der Waals surface area contributed by atoms with E-state index in [4.69, 9.17) is 21.6 Å². The van der Waals surface area contributed by atoms with Crippen LogP contribution in [0, 0.1) is 17.2 Å². The Kier molecular flexibility index (Phi) is 7.31. The normalized spacial score (nSPS) is 16.6. The standard InChI is InChI=1S/C20H21ClN4O3S/c1-29(27)18-3-2-14(9-17(18)21)16(8-13-4-6-28-7-5-13)20(26)25-19-12-23-15(10-22)11-24-19/h2-3,9,11-13,16H,4-8H2,1H3,(H,24,25,26). The molecule has 1 aromatic carbocycles. The number of aromatic nitrogens is 2. The molecule has 1 amide bonds. The SMILES string of the molecule is CS(=O)c1ccc(C(CC2CCOCC2)C(=O)Nc2cnc(C#N)cn2)cc1Cl. The number of carbonyl (C=O) groups excluding carboxylic acids is 1. The van der Waals surface area contributed by atoms with Crippen LogP contribution in [0.4, 0.5) is 5.82 Å². The Balaban J connectivity index is 1.85. The monoisotopic (exact) mass is 432 g/mol. The molecule has 9 heteroatoms. The maximum absolute atomic E-state index is 13.1. The van der Waals surface area contributed by atoms with Crippen LogP contribution in [0.1, 0.15) is 36.4 Å². The third kappa shape index (κ3) is 5.60. The van der Waals surface area contributed by atoms with Gasteiger partial charge in [0.25, 0.3) is 0 Å². The van der Waals surface area contributed by atoms with Crippen LogP contribution < -0.4 is 5.32 Å². The third-order valence-corrected chi connectivity index (χ3v) is 6.31. The Morgan fingerprint density at radius 2 is 2.14 bits per heavy atom. The molecule has 29 heavy (non-hydrogen) atoms. The quantitative estimate of drug-likeness (QED) is 0.750. The number of carbonyl (C=O) groups is 1. The highest BCUT2D eigenvalue weighted by atomic mass is 35.5. The molecule has 2 aromatic rings. The Hall–Kier alpha value is -2.34. The minimum atomic E-state index is -1.21. The lowest BCUT2D eigenvalue weighted by Gasteiger charge is -2.26. The molecule has 0 bridgehead atoms. The lowest BCUT2D eigenvalue weighted by Crippen LogP contribution is -2.26. The highest BCUT2D eigenvalue weighted by Crippen LogP contribution is 2.33. The number of halogens is 1. The van der Waals surface area contributed by atoms with Crippen LogP contribution in [0.3, 0.4) is 0 Å². The van der Waals surface area contributed by atoms with Crippen molar-refractivity contribution in [2.24, 2.45) is 5.92 Å². The van der Waals surface area contributed by atoms with Crippen molar-refractivity contribution in [2.45, 2.75) is 30.1 Å². The number of anilines is 1. The highest BCUT2D eigenvalue weighted by molar-refractivity contribution is 7.84. The number of ether oxygens (including phenoxy) is 1. The summed E-state index contributed by atoms with van der Waals surface area (Å²) < 4.78 is 17.2. The van der Waals surface area contributed by atoms with E-state index in [1.54, 1.807) is 24.5 Å². The van der Waals surface area contributed by atoms with Crippen LogP contribution in [0.15, 0.2) is 35.5 Å². The molecule has 2 unspecified atom stereocenters. The second-order valence-electron chi connectivity index (χ2n) is 6.88. The zero-order valence-corrected chi connectivity index (χ0v) is 17.5. The van der Waals surface area contributed by atoms with Gasteiger partial charge >= 0.3 is 0 Å². The van der Waals surface area contributed by atoms with Crippen molar-refractivity contribution in [2.75, 3.05) is 24.8 Å². The van der Waals surface area contributed by atoms with Gasteiger partial charge in [-0.2, -0.15) is 5.26 Å². The van der Waals surface area contributed by atoms with E-state index in [9.17, 15) is 9.00 Å². The summed E-state index contributed by atoms with van der Waals surface area (Å²) in [4.78, 5) is 21.6. The van der Waals surface area contributed by atoms with Gasteiger partial charge in [-0.15, -0.1) is 0 Å². The average molecular weight is 433 g/mol. The van der Waals surface area contributed by atoms with Crippen LogP contribution in [0.2, 0.25) is 5.02 Å². The van der Waals surface area contributed by atoms with Gasteiger partial charge in [-0.1, -0.05) is 17.7 Å². The summed E-state index contributed by atoms with van der Waals surface area (Å²) in [5, 5.41) is 12.0. The van der Waals surface area contributed by atoms with Gasteiger partial charge in [0.05, 0.1) is 39.0 Å². The van der Waals surface area contributed by atoms with Gasteiger partial charge in [0.15, 0.2) is 11.5 Å². The van der Waals surface area contributed by atoms with Crippen molar-refractivity contribution in [3.05, 3.63) is 46.9 Å². The highest BCUT2D eigenvalue weighted by Gasteiger charge is 2.27. The summed E-state index contributed by atoms with van der Waals surface area (Å²) in [6.45, 7) is 1.38. The van der Waals surface area contributed by atoms with E-state index in [0.29, 0.717) is 35.5 Å². The lowest BCUT2D eigenvalue weighted by molar-refractivity contribution is -0.118. The van der Waals surface area contributed by atoms with E-state index in [1.807, 2.05) is 6.07 Å². The first-order valence-electron chi connectivity index (χ1n) is 9.21. The molecular formula is C20H21ClN4O3S. The molecule has 1 saturated heterocycles. The zero-order chi connectivity index (χ0) is 20.8. The molecule has 2 atom stereocenters. The predicted molar refractivity (Wildman–Crippen MR) is 110 cm³/mol. The number of nitrogens with one attached hydrogen (secondary N) is 1. The van der Waals surface area contributed by atoms with Gasteiger partial charge in [0, 0.05) is 19.5 Å². The molecule has 1 N–H and O–H groups in total. The topological polar surface area (TPSA) is 105 Å². The van der Waals surface area contributed by atoms with Crippen molar-refractivity contribution in [3.63, 3.8) is 0 Å². The summed E-state index contributed by atoms with van der Waals surface area (Å²) in [5.74, 6) is -0.0435. The predicted octanol–water partition coefficient (Wildman–Crippen LogP) is 3.28. The van der Waals surface area contributed by atoms with E-state index in [-0.39, 0.29) is 17.4 Å². The summed E-state index contributed by atoms with van der Waals surface area (Å²) in [5.41, 5.74) is 0.937. The van der Waals surface area contributed by atoms with E-state index < -0.39 is 16.7 Å². The molecule has 0 spiro atoms. The Labute approximate surface area is 176 Å². The summed E-state index contributed by atoms with van der Waals surface area (Å²) in [6.07, 6.45) is 6.67. The molecule has 2 heterocycles. The summed E-state index contributed by atoms with van der Waals surface area (Å²) >= 11 is 6.31. The molecule has 1 aliphatic rings. The second kappa shape index (κ2) is 9.92. The van der Waals surface area contributed by atoms with E-state index in [1.165, 1.54) is 12.4 Å². The average Bonchev–Trinajstić information content (AvgIpc) is 2.73. The lowest BCUT2D eigenvalue weighted by atomic mass is 9.84. The van der Waals surface area contributed by atoms with Gasteiger partial charge in [0.1, 0.15) is 6.07 Å². The number of rotatable bonds is 6. The Bertz CT molecular complexity index is 940. The fraction of sp³-hybridized carbons (Fsp3) is 0.400. The van der Waals surface area contributed by atoms with E-state index in [0.717, 1.165) is 18.4 Å². The molecule has 7 nitrogen and oxygen atoms in total. The fourth-order valence-corrected chi connectivity index (χ4v) is 4.45. The number of amides is 1. The summed E-state index contributed by atoms with van der Waals surface area (Å²) in [6, 6.07) is 7.12. The first-order valence-corrected chi connectivity index (χ1v) is 11.1. The van der Waals surface area contributed by atoms with E-state index in [2.05, 4.69) is 15.3 Å². The Morgan fingerprint density at radius 1 is 1.38 bits per heavy atom. The number of nitriles is 1. The number of hydrogen-bond donors (Lipinski definition) is 1. The van der Waals surface area contributed by atoms with E-state index >= 15 is 0 Å². The van der Waals surface area contributed by atoms with Crippen molar-refractivity contribution in [3.8, 4) is 6.07 Å². The minimum absolute atomic E-state index is 0.177. The van der Waals surface area contributed by atoms with Gasteiger partial charge in [-0.05, 0) is 42.9 Å². The Morgan fingerprint density at radius 3 is 2.72 bits per heavy atom. The van der Waals surface area contributed by atoms with Crippen LogP contribution in [0.25, 0.3) is 0 Å². The fourth-order valence-electron chi connectivity index (χ4n) is 3.34. The van der Waals surface area contributed by atoms with Crippen LogP contribution in [-0.2, 0) is 20.3 Å². The zero-order valence-electron chi connectivity index (χ0n) is 15.9. The molecule has 1 aromatic heterocycles. The maximum Gasteiger partial charge on any atom is 0.233 e. The smallest absolute Gasteiger partial charge is 0.233 e. The third-order valence-electron chi connectivity index (χ3n) is 4.91. The number of nitrogens with zero attached hydrogens (tertiary/aromatic N) is 3. The maximum atomic E-state index is 13.1. The van der Waals surface area contributed by atoms with Gasteiger partial charge in [-0.3, -0.25) is 9.00 Å². The minimum Gasteiger partial charge on any atom is -0.381 e. The molecule has 0 aliphatic carbocycles. The van der Waals surface area contributed by atoms with Crippen molar-refractivity contribution < 1.29 is 13.7 Å². The van der Waals surface area contributed by atoms with Gasteiger partial charge in [0.2, 0.25) is 5.91 Å². The first kappa shape index (κ1) is 21.4.